The van der Waals surface area contributed by atoms with Gasteiger partial charge in [-0.3, -0.25) is 4.79 Å². The van der Waals surface area contributed by atoms with Gasteiger partial charge in [-0.1, -0.05) is 23.4 Å². The molecule has 1 heterocycles. The molecule has 0 radical (unpaired) electrons. The van der Waals surface area contributed by atoms with E-state index in [1.165, 1.54) is 0 Å². The van der Waals surface area contributed by atoms with Gasteiger partial charge in [0.15, 0.2) is 5.69 Å². The lowest BCUT2D eigenvalue weighted by Crippen LogP contribution is -2.23. The van der Waals surface area contributed by atoms with Gasteiger partial charge in [0.25, 0.3) is 5.91 Å². The molecule has 0 saturated carbocycles. The van der Waals surface area contributed by atoms with Crippen molar-refractivity contribution in [1.29, 1.82) is 0 Å². The number of rotatable bonds is 5. The smallest absolute Gasteiger partial charge is 0.273 e. The van der Waals surface area contributed by atoms with E-state index in [-0.39, 0.29) is 11.9 Å². The van der Waals surface area contributed by atoms with Crippen molar-refractivity contribution in [3.63, 3.8) is 0 Å². The summed E-state index contributed by atoms with van der Waals surface area (Å²) in [6, 6.07) is 6.19. The Hall–Kier alpha value is -2.21. The molecular weight excluding hydrogens is 266 g/mol. The Kier molecular flexibility index (Phi) is 4.70. The summed E-state index contributed by atoms with van der Waals surface area (Å²) in [6.45, 7) is 6.96. The monoisotopic (exact) mass is 287 g/mol. The second-order valence-electron chi connectivity index (χ2n) is 5.33. The van der Waals surface area contributed by atoms with Crippen LogP contribution in [0.5, 0.6) is 0 Å². The van der Waals surface area contributed by atoms with Gasteiger partial charge in [0, 0.05) is 19.1 Å². The fraction of sp³-hybridized carbons (Fsp3) is 0.400. The van der Waals surface area contributed by atoms with Crippen molar-refractivity contribution in [3.05, 3.63) is 46.8 Å². The summed E-state index contributed by atoms with van der Waals surface area (Å²) in [6.07, 6.45) is 1.66. The van der Waals surface area contributed by atoms with Crippen LogP contribution >= 0.6 is 0 Å². The first-order valence-corrected chi connectivity index (χ1v) is 6.99. The van der Waals surface area contributed by atoms with Crippen LogP contribution in [0.25, 0.3) is 0 Å². The highest BCUT2D eigenvalue weighted by molar-refractivity contribution is 5.91. The van der Waals surface area contributed by atoms with E-state index < -0.39 is 0 Å². The molecule has 0 spiro atoms. The molecule has 6 heteroatoms. The Bertz CT molecular complexity index is 633. The van der Waals surface area contributed by atoms with Crippen molar-refractivity contribution in [3.8, 4) is 0 Å². The zero-order valence-electron chi connectivity index (χ0n) is 12.6. The largest absolute Gasteiger partial charge is 0.347 e. The molecule has 0 saturated heterocycles. The first kappa shape index (κ1) is 15.2. The molecule has 0 aliphatic carbocycles. The Morgan fingerprint density at radius 2 is 2.19 bits per heavy atom. The maximum absolute atomic E-state index is 12.0. The second kappa shape index (κ2) is 6.49. The molecule has 0 aliphatic heterocycles. The number of hydrogen-bond acceptors (Lipinski definition) is 4. The average molecular weight is 287 g/mol. The number of nitrogens with zero attached hydrogens (tertiary/aromatic N) is 3. The van der Waals surface area contributed by atoms with Gasteiger partial charge in [-0.2, -0.15) is 0 Å². The highest BCUT2D eigenvalue weighted by Gasteiger charge is 2.12. The van der Waals surface area contributed by atoms with E-state index in [1.54, 1.807) is 10.9 Å². The number of nitrogens with one attached hydrogen (secondary N) is 1. The van der Waals surface area contributed by atoms with Crippen LogP contribution in [0.15, 0.2) is 24.4 Å². The van der Waals surface area contributed by atoms with E-state index in [1.807, 2.05) is 39.0 Å². The van der Waals surface area contributed by atoms with Crippen LogP contribution in [0.4, 0.5) is 0 Å². The molecule has 2 aromatic rings. The van der Waals surface area contributed by atoms with Gasteiger partial charge in [0.1, 0.15) is 0 Å². The fourth-order valence-electron chi connectivity index (χ4n) is 1.98. The van der Waals surface area contributed by atoms with Crippen LogP contribution in [-0.4, -0.2) is 20.9 Å². The molecule has 112 valence electrons. The molecule has 0 aliphatic rings. The number of nitrogens with two attached hydrogens (primary N) is 1. The van der Waals surface area contributed by atoms with E-state index in [0.717, 1.165) is 16.7 Å². The molecule has 0 bridgehead atoms. The topological polar surface area (TPSA) is 85.8 Å². The lowest BCUT2D eigenvalue weighted by molar-refractivity contribution is 0.0946. The van der Waals surface area contributed by atoms with Gasteiger partial charge in [-0.25, -0.2) is 4.68 Å². The van der Waals surface area contributed by atoms with Crippen molar-refractivity contribution in [2.45, 2.75) is 39.9 Å². The number of carbonyl (C=O) groups is 1. The third kappa shape index (κ3) is 3.66. The zero-order valence-corrected chi connectivity index (χ0v) is 12.6. The van der Waals surface area contributed by atoms with Crippen LogP contribution in [-0.2, 0) is 13.1 Å². The predicted octanol–water partition coefficient (Wildman–Crippen LogP) is 1.56. The minimum absolute atomic E-state index is 0.185. The van der Waals surface area contributed by atoms with Gasteiger partial charge in [-0.05, 0) is 37.5 Å². The van der Waals surface area contributed by atoms with Crippen LogP contribution in [0.1, 0.15) is 47.1 Å². The van der Waals surface area contributed by atoms with Crippen LogP contribution in [0.3, 0.4) is 0 Å². The molecule has 1 aromatic heterocycles. The Balaban J connectivity index is 2.00. The number of amides is 1. The normalized spacial score (nSPS) is 10.9. The second-order valence-corrected chi connectivity index (χ2v) is 5.33. The minimum atomic E-state index is -0.218. The van der Waals surface area contributed by atoms with Gasteiger partial charge < -0.3 is 11.1 Å². The molecule has 3 N–H and O–H groups in total. The maximum Gasteiger partial charge on any atom is 0.273 e. The van der Waals surface area contributed by atoms with Crippen molar-refractivity contribution in [2.24, 2.45) is 5.73 Å². The molecule has 2 rings (SSSR count). The maximum atomic E-state index is 12.0. The van der Waals surface area contributed by atoms with E-state index in [0.29, 0.717) is 18.8 Å². The summed E-state index contributed by atoms with van der Waals surface area (Å²) in [5, 5.41) is 10.7. The first-order valence-electron chi connectivity index (χ1n) is 6.99. The number of carbonyl (C=O) groups excluding carboxylic acids is 1. The first-order chi connectivity index (χ1) is 10.0. The Labute approximate surface area is 124 Å². The lowest BCUT2D eigenvalue weighted by atomic mass is 10.1. The lowest BCUT2D eigenvalue weighted by Gasteiger charge is -2.08. The predicted molar refractivity (Wildman–Crippen MR) is 80.6 cm³/mol. The fourth-order valence-corrected chi connectivity index (χ4v) is 1.98. The van der Waals surface area contributed by atoms with Crippen LogP contribution < -0.4 is 11.1 Å². The van der Waals surface area contributed by atoms with Crippen molar-refractivity contribution < 1.29 is 4.79 Å². The van der Waals surface area contributed by atoms with Gasteiger partial charge in [-0.15, -0.1) is 5.10 Å². The Morgan fingerprint density at radius 1 is 1.43 bits per heavy atom. The highest BCUT2D eigenvalue weighted by atomic mass is 16.2. The van der Waals surface area contributed by atoms with E-state index in [9.17, 15) is 4.79 Å². The van der Waals surface area contributed by atoms with E-state index >= 15 is 0 Å². The van der Waals surface area contributed by atoms with Gasteiger partial charge in [0.2, 0.25) is 0 Å². The standard InChI is InChI=1S/C15H21N5O/c1-10(2)20-9-14(18-19-20)15(21)17-8-13-5-4-12(7-16)6-11(13)3/h4-6,9-10H,7-8,16H2,1-3H3,(H,17,21). The van der Waals surface area contributed by atoms with Crippen molar-refractivity contribution in [1.82, 2.24) is 20.3 Å². The summed E-state index contributed by atoms with van der Waals surface area (Å²) in [7, 11) is 0. The molecule has 0 unspecified atom stereocenters. The third-order valence-electron chi connectivity index (χ3n) is 3.35. The molecule has 1 amide bonds. The van der Waals surface area contributed by atoms with E-state index in [2.05, 4.69) is 15.6 Å². The quantitative estimate of drug-likeness (QED) is 0.873. The van der Waals surface area contributed by atoms with E-state index in [4.69, 9.17) is 5.73 Å². The number of hydrogen-bond donors (Lipinski definition) is 2. The molecule has 1 aromatic carbocycles. The van der Waals surface area contributed by atoms with Crippen molar-refractivity contribution >= 4 is 5.91 Å². The molecule has 21 heavy (non-hydrogen) atoms. The average Bonchev–Trinajstić information content (AvgIpc) is 2.95. The SMILES string of the molecule is Cc1cc(CN)ccc1CNC(=O)c1cn(C(C)C)nn1. The summed E-state index contributed by atoms with van der Waals surface area (Å²) in [4.78, 5) is 12.0. The summed E-state index contributed by atoms with van der Waals surface area (Å²) < 4.78 is 1.66. The van der Waals surface area contributed by atoms with Gasteiger partial charge in [0.05, 0.1) is 6.20 Å². The minimum Gasteiger partial charge on any atom is -0.347 e. The number of benzene rings is 1. The molecule has 0 atom stereocenters. The zero-order chi connectivity index (χ0) is 15.4. The van der Waals surface area contributed by atoms with Gasteiger partial charge >= 0.3 is 0 Å². The molecule has 6 nitrogen and oxygen atoms in total. The summed E-state index contributed by atoms with van der Waals surface area (Å²) >= 11 is 0. The molecule has 0 fully saturated rings. The Morgan fingerprint density at radius 3 is 2.76 bits per heavy atom. The number of aryl methyl sites for hydroxylation is 1. The van der Waals surface area contributed by atoms with Crippen LogP contribution in [0, 0.1) is 6.92 Å². The summed E-state index contributed by atoms with van der Waals surface area (Å²) in [5.74, 6) is -0.218. The highest BCUT2D eigenvalue weighted by Crippen LogP contribution is 2.11. The van der Waals surface area contributed by atoms with Crippen LogP contribution in [0.2, 0.25) is 0 Å². The van der Waals surface area contributed by atoms with Crippen molar-refractivity contribution in [2.75, 3.05) is 0 Å². The summed E-state index contributed by atoms with van der Waals surface area (Å²) in [5.41, 5.74) is 9.21. The third-order valence-corrected chi connectivity index (χ3v) is 3.35. The number of aromatic nitrogens is 3. The molecular formula is C15H21N5O.